The number of aromatic nitrogens is 3. The molecule has 0 amide bonds. The highest BCUT2D eigenvalue weighted by Gasteiger charge is 2.21. The van der Waals surface area contributed by atoms with Gasteiger partial charge in [0.25, 0.3) is 0 Å². The number of nitrogens with zero attached hydrogens (tertiary/aromatic N) is 4. The van der Waals surface area contributed by atoms with Crippen LogP contribution in [-0.4, -0.2) is 41.1 Å². The molecule has 2 heterocycles. The number of aryl methyl sites for hydroxylation is 1. The Morgan fingerprint density at radius 3 is 2.41 bits per heavy atom. The largest absolute Gasteiger partial charge is 0.378 e. The van der Waals surface area contributed by atoms with Crippen molar-refractivity contribution in [1.82, 2.24) is 14.8 Å². The summed E-state index contributed by atoms with van der Waals surface area (Å²) in [5.74, 6) is 1.69. The van der Waals surface area contributed by atoms with Crippen molar-refractivity contribution in [2.24, 2.45) is 0 Å². The van der Waals surface area contributed by atoms with Gasteiger partial charge < -0.3 is 9.64 Å². The SMILES string of the molecule is Cc1ccc(-n2c(SCc3ccc(Cl)cc3)nnc2N2CCOCC2)cc1. The number of benzene rings is 2. The Kier molecular flexibility index (Phi) is 5.66. The van der Waals surface area contributed by atoms with Crippen molar-refractivity contribution >= 4 is 29.3 Å². The van der Waals surface area contributed by atoms with Crippen LogP contribution in [0.3, 0.4) is 0 Å². The first-order valence-corrected chi connectivity index (χ1v) is 10.3. The van der Waals surface area contributed by atoms with Crippen molar-refractivity contribution in [2.75, 3.05) is 31.2 Å². The third kappa shape index (κ3) is 4.29. The van der Waals surface area contributed by atoms with Crippen LogP contribution in [0.25, 0.3) is 5.69 Å². The van der Waals surface area contributed by atoms with Crippen LogP contribution in [0.2, 0.25) is 5.02 Å². The molecule has 1 saturated heterocycles. The molecule has 0 spiro atoms. The Morgan fingerprint density at radius 2 is 1.70 bits per heavy atom. The van der Waals surface area contributed by atoms with Gasteiger partial charge >= 0.3 is 0 Å². The molecule has 27 heavy (non-hydrogen) atoms. The van der Waals surface area contributed by atoms with Gasteiger partial charge in [0.05, 0.1) is 18.9 Å². The summed E-state index contributed by atoms with van der Waals surface area (Å²) in [5.41, 5.74) is 3.51. The minimum Gasteiger partial charge on any atom is -0.378 e. The molecule has 0 radical (unpaired) electrons. The van der Waals surface area contributed by atoms with Gasteiger partial charge in [-0.15, -0.1) is 10.2 Å². The van der Waals surface area contributed by atoms with E-state index in [1.165, 1.54) is 11.1 Å². The standard InChI is InChI=1S/C20H21ClN4OS/c1-15-2-8-18(9-3-15)25-19(24-10-12-26-13-11-24)22-23-20(25)27-14-16-4-6-17(21)7-5-16/h2-9H,10-14H2,1H3. The number of morpholine rings is 1. The molecular formula is C20H21ClN4OS. The highest BCUT2D eigenvalue weighted by Crippen LogP contribution is 2.29. The Morgan fingerprint density at radius 1 is 1.00 bits per heavy atom. The smallest absolute Gasteiger partial charge is 0.232 e. The Labute approximate surface area is 168 Å². The lowest BCUT2D eigenvalue weighted by Crippen LogP contribution is -2.37. The molecule has 3 aromatic rings. The average Bonchev–Trinajstić information content (AvgIpc) is 3.13. The number of ether oxygens (including phenoxy) is 1. The first kappa shape index (κ1) is 18.3. The van der Waals surface area contributed by atoms with Gasteiger partial charge in [-0.1, -0.05) is 53.2 Å². The van der Waals surface area contributed by atoms with Gasteiger partial charge in [-0.3, -0.25) is 4.57 Å². The van der Waals surface area contributed by atoms with E-state index in [1.807, 2.05) is 24.3 Å². The number of rotatable bonds is 5. The lowest BCUT2D eigenvalue weighted by atomic mass is 10.2. The highest BCUT2D eigenvalue weighted by molar-refractivity contribution is 7.98. The van der Waals surface area contributed by atoms with Gasteiger partial charge in [0.2, 0.25) is 5.95 Å². The van der Waals surface area contributed by atoms with E-state index < -0.39 is 0 Å². The molecule has 0 saturated carbocycles. The topological polar surface area (TPSA) is 43.2 Å². The summed E-state index contributed by atoms with van der Waals surface area (Å²) in [6, 6.07) is 16.4. The van der Waals surface area contributed by atoms with Crippen molar-refractivity contribution < 1.29 is 4.74 Å². The molecule has 2 aromatic carbocycles. The summed E-state index contributed by atoms with van der Waals surface area (Å²) in [6.45, 7) is 5.18. The van der Waals surface area contributed by atoms with E-state index in [0.717, 1.165) is 40.7 Å². The molecule has 0 aliphatic carbocycles. The first-order chi connectivity index (χ1) is 13.2. The van der Waals surface area contributed by atoms with E-state index in [9.17, 15) is 0 Å². The van der Waals surface area contributed by atoms with Gasteiger partial charge in [-0.05, 0) is 36.8 Å². The monoisotopic (exact) mass is 400 g/mol. The number of hydrogen-bond acceptors (Lipinski definition) is 5. The second-order valence-electron chi connectivity index (χ2n) is 6.47. The van der Waals surface area contributed by atoms with Gasteiger partial charge in [0.1, 0.15) is 0 Å². The number of anilines is 1. The third-order valence-corrected chi connectivity index (χ3v) is 5.74. The number of thioether (sulfide) groups is 1. The second kappa shape index (κ2) is 8.33. The van der Waals surface area contributed by atoms with Crippen molar-refractivity contribution in [3.63, 3.8) is 0 Å². The maximum absolute atomic E-state index is 5.99. The zero-order valence-corrected chi connectivity index (χ0v) is 16.7. The van der Waals surface area contributed by atoms with Crippen molar-refractivity contribution in [3.8, 4) is 5.69 Å². The molecule has 0 atom stereocenters. The molecule has 1 fully saturated rings. The van der Waals surface area contributed by atoms with Crippen molar-refractivity contribution in [3.05, 3.63) is 64.7 Å². The van der Waals surface area contributed by atoms with E-state index in [0.29, 0.717) is 13.2 Å². The predicted molar refractivity (Wildman–Crippen MR) is 110 cm³/mol. The fourth-order valence-corrected chi connectivity index (χ4v) is 4.00. The van der Waals surface area contributed by atoms with Crippen LogP contribution in [0.15, 0.2) is 53.7 Å². The van der Waals surface area contributed by atoms with Crippen LogP contribution < -0.4 is 4.90 Å². The minimum atomic E-state index is 0.716. The quantitative estimate of drug-likeness (QED) is 0.595. The molecule has 1 aromatic heterocycles. The third-order valence-electron chi connectivity index (χ3n) is 4.48. The summed E-state index contributed by atoms with van der Waals surface area (Å²) < 4.78 is 7.63. The van der Waals surface area contributed by atoms with Crippen LogP contribution in [-0.2, 0) is 10.5 Å². The van der Waals surface area contributed by atoms with Gasteiger partial charge in [0.15, 0.2) is 5.16 Å². The zero-order valence-electron chi connectivity index (χ0n) is 15.1. The maximum atomic E-state index is 5.99. The molecular weight excluding hydrogens is 380 g/mol. The normalized spacial score (nSPS) is 14.5. The van der Waals surface area contributed by atoms with Crippen LogP contribution in [0, 0.1) is 6.92 Å². The van der Waals surface area contributed by atoms with E-state index in [2.05, 4.69) is 50.9 Å². The maximum Gasteiger partial charge on any atom is 0.232 e. The van der Waals surface area contributed by atoms with Gasteiger partial charge in [0, 0.05) is 23.9 Å². The average molecular weight is 401 g/mol. The summed E-state index contributed by atoms with van der Waals surface area (Å²) in [4.78, 5) is 2.24. The highest BCUT2D eigenvalue weighted by atomic mass is 35.5. The van der Waals surface area contributed by atoms with Crippen molar-refractivity contribution in [1.29, 1.82) is 0 Å². The molecule has 140 valence electrons. The Hall–Kier alpha value is -2.02. The Balaban J connectivity index is 1.64. The molecule has 5 nitrogen and oxygen atoms in total. The molecule has 4 rings (SSSR count). The summed E-state index contributed by atoms with van der Waals surface area (Å²) in [6.07, 6.45) is 0. The molecule has 1 aliphatic rings. The summed E-state index contributed by atoms with van der Waals surface area (Å²) >= 11 is 7.67. The van der Waals surface area contributed by atoms with Crippen LogP contribution in [0.5, 0.6) is 0 Å². The van der Waals surface area contributed by atoms with Crippen molar-refractivity contribution in [2.45, 2.75) is 17.8 Å². The molecule has 0 bridgehead atoms. The number of halogens is 1. The summed E-state index contributed by atoms with van der Waals surface area (Å²) in [5, 5.41) is 10.6. The van der Waals surface area contributed by atoms with Crippen LogP contribution in [0.1, 0.15) is 11.1 Å². The van der Waals surface area contributed by atoms with E-state index in [4.69, 9.17) is 16.3 Å². The predicted octanol–water partition coefficient (Wildman–Crippen LogP) is 4.36. The number of hydrogen-bond donors (Lipinski definition) is 0. The molecule has 0 N–H and O–H groups in total. The first-order valence-electron chi connectivity index (χ1n) is 8.93. The molecule has 1 aliphatic heterocycles. The van der Waals surface area contributed by atoms with Gasteiger partial charge in [-0.2, -0.15) is 0 Å². The van der Waals surface area contributed by atoms with E-state index >= 15 is 0 Å². The van der Waals surface area contributed by atoms with Crippen LogP contribution >= 0.6 is 23.4 Å². The second-order valence-corrected chi connectivity index (χ2v) is 7.85. The lowest BCUT2D eigenvalue weighted by molar-refractivity contribution is 0.122. The zero-order chi connectivity index (χ0) is 18.6. The van der Waals surface area contributed by atoms with E-state index in [-0.39, 0.29) is 0 Å². The van der Waals surface area contributed by atoms with Gasteiger partial charge in [-0.25, -0.2) is 0 Å². The fraction of sp³-hybridized carbons (Fsp3) is 0.300. The van der Waals surface area contributed by atoms with Crippen LogP contribution in [0.4, 0.5) is 5.95 Å². The molecule has 7 heteroatoms. The lowest BCUT2D eigenvalue weighted by Gasteiger charge is -2.28. The summed E-state index contributed by atoms with van der Waals surface area (Å²) in [7, 11) is 0. The Bertz CT molecular complexity index is 889. The molecule has 0 unspecified atom stereocenters. The van der Waals surface area contributed by atoms with E-state index in [1.54, 1.807) is 11.8 Å². The fourth-order valence-electron chi connectivity index (χ4n) is 2.97. The minimum absolute atomic E-state index is 0.716.